The zero-order valence-corrected chi connectivity index (χ0v) is 15.7. The second kappa shape index (κ2) is 7.13. The van der Waals surface area contributed by atoms with E-state index in [0.717, 1.165) is 11.1 Å². The van der Waals surface area contributed by atoms with E-state index in [-0.39, 0.29) is 11.3 Å². The topological polar surface area (TPSA) is 116 Å². The van der Waals surface area contributed by atoms with Crippen LogP contribution in [0.2, 0.25) is 0 Å². The fourth-order valence-corrected chi connectivity index (χ4v) is 3.39. The zero-order chi connectivity index (χ0) is 19.8. The van der Waals surface area contributed by atoms with Crippen LogP contribution in [0.25, 0.3) is 0 Å². The number of amides is 1. The molecule has 3 N–H and O–H groups in total. The van der Waals surface area contributed by atoms with Gasteiger partial charge in [0.25, 0.3) is 5.91 Å². The summed E-state index contributed by atoms with van der Waals surface area (Å²) < 4.78 is 27.8. The summed E-state index contributed by atoms with van der Waals surface area (Å²) >= 11 is 0. The number of hydrogen-bond donors (Lipinski definition) is 2. The number of hydrogen-bond acceptors (Lipinski definition) is 5. The molecule has 142 valence electrons. The number of nitrogens with one attached hydrogen (secondary N) is 1. The number of primary sulfonamides is 1. The van der Waals surface area contributed by atoms with Gasteiger partial charge in [0.15, 0.2) is 6.10 Å². The number of rotatable bonds is 4. The van der Waals surface area contributed by atoms with Gasteiger partial charge in [-0.25, -0.2) is 18.4 Å². The molecule has 2 aromatic carbocycles. The number of carbonyl (C=O) groups excluding carboxylic acids is 2. The Morgan fingerprint density at radius 3 is 2.44 bits per heavy atom. The molecule has 0 saturated carbocycles. The zero-order valence-electron chi connectivity index (χ0n) is 14.9. The summed E-state index contributed by atoms with van der Waals surface area (Å²) in [5.74, 6) is -0.707. The summed E-state index contributed by atoms with van der Waals surface area (Å²) in [4.78, 5) is 24.6. The maximum absolute atomic E-state index is 12.5. The second-order valence-electron chi connectivity index (χ2n) is 6.73. The molecule has 0 saturated heterocycles. The number of cyclic esters (lactones) is 1. The molecule has 0 aromatic heterocycles. The van der Waals surface area contributed by atoms with Crippen LogP contribution in [-0.4, -0.2) is 26.4 Å². The number of carbonyl (C=O) groups is 2. The fraction of sp³-hybridized carbons (Fsp3) is 0.263. The molecule has 1 aliphatic rings. The van der Waals surface area contributed by atoms with Gasteiger partial charge in [0.05, 0.1) is 10.5 Å². The van der Waals surface area contributed by atoms with Crippen molar-refractivity contribution < 1.29 is 22.7 Å². The van der Waals surface area contributed by atoms with E-state index in [2.05, 4.69) is 19.2 Å². The van der Waals surface area contributed by atoms with Crippen molar-refractivity contribution in [2.24, 2.45) is 5.14 Å². The van der Waals surface area contributed by atoms with Crippen molar-refractivity contribution in [1.29, 1.82) is 0 Å². The quantitative estimate of drug-likeness (QED) is 0.779. The van der Waals surface area contributed by atoms with Gasteiger partial charge in [-0.05, 0) is 47.4 Å². The number of sulfonamides is 1. The SMILES string of the molecule is CC(C)c1ccc2c(c1)CC(C(=O)Nc1ccc(S(N)(=O)=O)cc1)OC2=O. The molecule has 1 atom stereocenters. The lowest BCUT2D eigenvalue weighted by molar-refractivity contribution is -0.125. The first-order chi connectivity index (χ1) is 12.6. The summed E-state index contributed by atoms with van der Waals surface area (Å²) in [6.45, 7) is 4.11. The first-order valence-corrected chi connectivity index (χ1v) is 9.97. The minimum atomic E-state index is -3.80. The van der Waals surface area contributed by atoms with Crippen LogP contribution in [0.4, 0.5) is 5.69 Å². The van der Waals surface area contributed by atoms with E-state index in [4.69, 9.17) is 9.88 Å². The molecule has 2 aromatic rings. The van der Waals surface area contributed by atoms with E-state index < -0.39 is 28.0 Å². The van der Waals surface area contributed by atoms with Gasteiger partial charge < -0.3 is 10.1 Å². The van der Waals surface area contributed by atoms with Crippen LogP contribution in [0.3, 0.4) is 0 Å². The third-order valence-electron chi connectivity index (χ3n) is 4.41. The summed E-state index contributed by atoms with van der Waals surface area (Å²) in [6.07, 6.45) is -0.673. The summed E-state index contributed by atoms with van der Waals surface area (Å²) in [5.41, 5.74) is 2.72. The molecule has 27 heavy (non-hydrogen) atoms. The number of nitrogens with two attached hydrogens (primary N) is 1. The number of anilines is 1. The predicted octanol–water partition coefficient (Wildman–Crippen LogP) is 2.18. The highest BCUT2D eigenvalue weighted by Crippen LogP contribution is 2.26. The molecule has 1 amide bonds. The molecule has 8 heteroatoms. The van der Waals surface area contributed by atoms with Gasteiger partial charge in [-0.3, -0.25) is 4.79 Å². The molecule has 0 aliphatic carbocycles. The van der Waals surface area contributed by atoms with Crippen molar-refractivity contribution in [3.05, 3.63) is 59.2 Å². The van der Waals surface area contributed by atoms with Gasteiger partial charge in [-0.1, -0.05) is 26.0 Å². The van der Waals surface area contributed by atoms with E-state index >= 15 is 0 Å². The minimum Gasteiger partial charge on any atom is -0.448 e. The van der Waals surface area contributed by atoms with Crippen LogP contribution in [0.1, 0.15) is 41.3 Å². The molecule has 3 rings (SSSR count). The summed E-state index contributed by atoms with van der Waals surface area (Å²) in [6, 6.07) is 11.0. The monoisotopic (exact) mass is 388 g/mol. The first-order valence-electron chi connectivity index (χ1n) is 8.42. The van der Waals surface area contributed by atoms with E-state index in [0.29, 0.717) is 17.2 Å². The molecule has 7 nitrogen and oxygen atoms in total. The van der Waals surface area contributed by atoms with Gasteiger partial charge in [0, 0.05) is 12.1 Å². The smallest absolute Gasteiger partial charge is 0.339 e. The lowest BCUT2D eigenvalue weighted by atomic mass is 9.92. The lowest BCUT2D eigenvalue weighted by Crippen LogP contribution is -2.38. The van der Waals surface area contributed by atoms with Gasteiger partial charge in [-0.15, -0.1) is 0 Å². The van der Waals surface area contributed by atoms with Gasteiger partial charge in [0.2, 0.25) is 10.0 Å². The Hall–Kier alpha value is -2.71. The van der Waals surface area contributed by atoms with Crippen LogP contribution in [0, 0.1) is 0 Å². The predicted molar refractivity (Wildman–Crippen MR) is 99.9 cm³/mol. The Kier molecular flexibility index (Phi) is 5.03. The average Bonchev–Trinajstić information content (AvgIpc) is 2.60. The standard InChI is InChI=1S/C19H20N2O5S/c1-11(2)12-3-8-16-13(9-12)10-17(26-19(16)23)18(22)21-14-4-6-15(7-5-14)27(20,24)25/h3-9,11,17H,10H2,1-2H3,(H,21,22)(H2,20,24,25). The molecule has 0 fully saturated rings. The van der Waals surface area contributed by atoms with Gasteiger partial charge in [-0.2, -0.15) is 0 Å². The Morgan fingerprint density at radius 2 is 1.85 bits per heavy atom. The van der Waals surface area contributed by atoms with Crippen molar-refractivity contribution in [2.45, 2.75) is 37.2 Å². The normalized spacial score (nSPS) is 16.6. The molecular weight excluding hydrogens is 368 g/mol. The van der Waals surface area contributed by atoms with Crippen molar-refractivity contribution in [2.75, 3.05) is 5.32 Å². The highest BCUT2D eigenvalue weighted by Gasteiger charge is 2.31. The maximum Gasteiger partial charge on any atom is 0.339 e. The third-order valence-corrected chi connectivity index (χ3v) is 5.34. The Morgan fingerprint density at radius 1 is 1.19 bits per heavy atom. The van der Waals surface area contributed by atoms with E-state index in [1.165, 1.54) is 24.3 Å². The van der Waals surface area contributed by atoms with E-state index in [9.17, 15) is 18.0 Å². The van der Waals surface area contributed by atoms with Crippen molar-refractivity contribution in [3.8, 4) is 0 Å². The van der Waals surface area contributed by atoms with Crippen LogP contribution in [-0.2, 0) is 26.0 Å². The maximum atomic E-state index is 12.5. The fourth-order valence-electron chi connectivity index (χ4n) is 2.87. The molecule has 1 unspecified atom stereocenters. The van der Waals surface area contributed by atoms with Crippen molar-refractivity contribution >= 4 is 27.6 Å². The minimum absolute atomic E-state index is 0.0558. The largest absolute Gasteiger partial charge is 0.448 e. The summed E-state index contributed by atoms with van der Waals surface area (Å²) in [5, 5.41) is 7.67. The van der Waals surface area contributed by atoms with Gasteiger partial charge in [0.1, 0.15) is 0 Å². The van der Waals surface area contributed by atoms with Crippen molar-refractivity contribution in [3.63, 3.8) is 0 Å². The molecule has 0 radical (unpaired) electrons. The van der Waals surface area contributed by atoms with Crippen LogP contribution < -0.4 is 10.5 Å². The van der Waals surface area contributed by atoms with Crippen LogP contribution >= 0.6 is 0 Å². The Balaban J connectivity index is 1.76. The molecular formula is C19H20N2O5S. The number of esters is 1. The lowest BCUT2D eigenvalue weighted by Gasteiger charge is -2.24. The highest BCUT2D eigenvalue weighted by molar-refractivity contribution is 7.89. The molecule has 0 bridgehead atoms. The highest BCUT2D eigenvalue weighted by atomic mass is 32.2. The third kappa shape index (κ3) is 4.17. The molecule has 0 spiro atoms. The Labute approximate surface area is 157 Å². The van der Waals surface area contributed by atoms with Crippen LogP contribution in [0.15, 0.2) is 47.4 Å². The number of benzene rings is 2. The van der Waals surface area contributed by atoms with E-state index in [1.54, 1.807) is 6.07 Å². The Bertz CT molecular complexity index is 997. The molecule has 1 aliphatic heterocycles. The number of ether oxygens (including phenoxy) is 1. The number of fused-ring (bicyclic) bond motifs is 1. The summed E-state index contributed by atoms with van der Waals surface area (Å²) in [7, 11) is -3.80. The second-order valence-corrected chi connectivity index (χ2v) is 8.29. The van der Waals surface area contributed by atoms with Crippen LogP contribution in [0.5, 0.6) is 0 Å². The van der Waals surface area contributed by atoms with Crippen molar-refractivity contribution in [1.82, 2.24) is 0 Å². The molecule has 1 heterocycles. The first kappa shape index (κ1) is 19.1. The van der Waals surface area contributed by atoms with Gasteiger partial charge >= 0.3 is 5.97 Å². The van der Waals surface area contributed by atoms with E-state index in [1.807, 2.05) is 12.1 Å². The average molecular weight is 388 g/mol.